The lowest BCUT2D eigenvalue weighted by Crippen LogP contribution is -2.51. The van der Waals surface area contributed by atoms with Crippen molar-refractivity contribution in [3.8, 4) is 5.75 Å². The molecule has 1 aromatic carbocycles. The molecule has 0 saturated carbocycles. The van der Waals surface area contributed by atoms with Crippen LogP contribution in [-0.4, -0.2) is 68.4 Å². The summed E-state index contributed by atoms with van der Waals surface area (Å²) < 4.78 is 41.2. The van der Waals surface area contributed by atoms with Gasteiger partial charge in [-0.05, 0) is 32.1 Å². The van der Waals surface area contributed by atoms with Gasteiger partial charge in [0.1, 0.15) is 5.75 Å². The molecule has 1 atom stereocenters. The Labute approximate surface area is 145 Å². The number of piperazine rings is 1. The van der Waals surface area contributed by atoms with Crippen molar-refractivity contribution in [2.24, 2.45) is 0 Å². The van der Waals surface area contributed by atoms with Crippen molar-refractivity contribution >= 4 is 5.91 Å². The number of hydrogen-bond acceptors (Lipinski definition) is 4. The first-order valence-electron chi connectivity index (χ1n) is 8.24. The molecule has 1 saturated heterocycles. The van der Waals surface area contributed by atoms with Gasteiger partial charge < -0.3 is 19.9 Å². The van der Waals surface area contributed by atoms with Crippen LogP contribution in [0.3, 0.4) is 0 Å². The molecule has 1 heterocycles. The molecule has 25 heavy (non-hydrogen) atoms. The maximum Gasteiger partial charge on any atom is 0.573 e. The Morgan fingerprint density at radius 2 is 2.00 bits per heavy atom. The first kappa shape index (κ1) is 19.5. The second kappa shape index (κ2) is 8.53. The second-order valence-electron chi connectivity index (χ2n) is 6.36. The number of amides is 1. The average molecular weight is 359 g/mol. The molecule has 1 fully saturated rings. The molecule has 0 aliphatic carbocycles. The van der Waals surface area contributed by atoms with E-state index < -0.39 is 6.36 Å². The van der Waals surface area contributed by atoms with Crippen molar-refractivity contribution in [1.29, 1.82) is 0 Å². The summed E-state index contributed by atoms with van der Waals surface area (Å²) in [5.74, 6) is -0.320. The van der Waals surface area contributed by atoms with Gasteiger partial charge in [0.25, 0.3) is 0 Å². The predicted molar refractivity (Wildman–Crippen MR) is 88.4 cm³/mol. The Balaban J connectivity index is 1.81. The number of para-hydroxylation sites is 1. The lowest BCUT2D eigenvalue weighted by atomic mass is 10.1. The van der Waals surface area contributed by atoms with E-state index in [9.17, 15) is 18.0 Å². The van der Waals surface area contributed by atoms with Crippen molar-refractivity contribution in [2.45, 2.75) is 25.2 Å². The van der Waals surface area contributed by atoms with Gasteiger partial charge in [-0.1, -0.05) is 18.2 Å². The summed E-state index contributed by atoms with van der Waals surface area (Å²) in [6.45, 7) is 2.98. The highest BCUT2D eigenvalue weighted by atomic mass is 19.4. The molecule has 5 nitrogen and oxygen atoms in total. The summed E-state index contributed by atoms with van der Waals surface area (Å²) in [6.07, 6.45) is -4.07. The quantitative estimate of drug-likeness (QED) is 0.842. The summed E-state index contributed by atoms with van der Waals surface area (Å²) >= 11 is 0. The SMILES string of the molecule is CN1CCN(C)C(CC(=O)NCCc2ccccc2OC(F)(F)F)C1. The fourth-order valence-corrected chi connectivity index (χ4v) is 2.88. The summed E-state index contributed by atoms with van der Waals surface area (Å²) in [5.41, 5.74) is 0.412. The van der Waals surface area contributed by atoms with Crippen LogP contribution in [0.1, 0.15) is 12.0 Å². The summed E-state index contributed by atoms with van der Waals surface area (Å²) in [5, 5.41) is 2.78. The smallest absolute Gasteiger partial charge is 0.406 e. The molecule has 2 rings (SSSR count). The van der Waals surface area contributed by atoms with Gasteiger partial charge in [0.15, 0.2) is 0 Å². The Morgan fingerprint density at radius 3 is 2.72 bits per heavy atom. The molecule has 8 heteroatoms. The number of benzene rings is 1. The summed E-state index contributed by atoms with van der Waals surface area (Å²) in [6, 6.07) is 6.12. The molecule has 1 aliphatic rings. The minimum absolute atomic E-state index is 0.0960. The van der Waals surface area contributed by atoms with E-state index in [-0.39, 0.29) is 30.7 Å². The molecule has 0 spiro atoms. The van der Waals surface area contributed by atoms with Crippen LogP contribution in [0, 0.1) is 0 Å². The fourth-order valence-electron chi connectivity index (χ4n) is 2.88. The predicted octanol–water partition coefficient (Wildman–Crippen LogP) is 1.88. The number of carbonyl (C=O) groups is 1. The maximum atomic E-state index is 12.4. The number of hydrogen-bond donors (Lipinski definition) is 1. The van der Waals surface area contributed by atoms with Crippen LogP contribution in [0.4, 0.5) is 13.2 Å². The van der Waals surface area contributed by atoms with Gasteiger partial charge in [-0.15, -0.1) is 13.2 Å². The van der Waals surface area contributed by atoms with Crippen LogP contribution in [0.5, 0.6) is 5.75 Å². The standard InChI is InChI=1S/C17H24F3N3O2/c1-22-9-10-23(2)14(12-22)11-16(24)21-8-7-13-5-3-4-6-15(13)25-17(18,19)20/h3-6,14H,7-12H2,1-2H3,(H,21,24). The molecule has 140 valence electrons. The van der Waals surface area contributed by atoms with Crippen LogP contribution in [0.15, 0.2) is 24.3 Å². The molecule has 1 amide bonds. The number of halogens is 3. The van der Waals surface area contributed by atoms with Crippen molar-refractivity contribution in [1.82, 2.24) is 15.1 Å². The number of alkyl halides is 3. The number of rotatable bonds is 6. The largest absolute Gasteiger partial charge is 0.573 e. The Kier molecular flexibility index (Phi) is 6.66. The Hall–Kier alpha value is -1.80. The first-order chi connectivity index (χ1) is 11.7. The van der Waals surface area contributed by atoms with Crippen molar-refractivity contribution in [3.05, 3.63) is 29.8 Å². The van der Waals surface area contributed by atoms with Crippen molar-refractivity contribution < 1.29 is 22.7 Å². The zero-order valence-electron chi connectivity index (χ0n) is 14.5. The summed E-state index contributed by atoms with van der Waals surface area (Å²) in [4.78, 5) is 16.4. The third-order valence-corrected chi connectivity index (χ3v) is 4.32. The zero-order chi connectivity index (χ0) is 18.4. The van der Waals surface area contributed by atoms with E-state index in [0.29, 0.717) is 12.0 Å². The van der Waals surface area contributed by atoms with Crippen LogP contribution >= 0.6 is 0 Å². The molecule has 1 aromatic rings. The number of ether oxygens (including phenoxy) is 1. The van der Waals surface area contributed by atoms with Gasteiger partial charge in [0.05, 0.1) is 0 Å². The lowest BCUT2D eigenvalue weighted by molar-refractivity contribution is -0.274. The number of likely N-dealkylation sites (N-methyl/N-ethyl adjacent to an activating group) is 2. The van der Waals surface area contributed by atoms with E-state index in [0.717, 1.165) is 19.6 Å². The molecule has 1 N–H and O–H groups in total. The number of nitrogens with zero attached hydrogens (tertiary/aromatic N) is 2. The number of carbonyl (C=O) groups excluding carboxylic acids is 1. The normalized spacial score (nSPS) is 19.6. The highest BCUT2D eigenvalue weighted by Crippen LogP contribution is 2.26. The topological polar surface area (TPSA) is 44.8 Å². The first-order valence-corrected chi connectivity index (χ1v) is 8.24. The monoisotopic (exact) mass is 359 g/mol. The van der Waals surface area contributed by atoms with Gasteiger partial charge in [-0.3, -0.25) is 4.79 Å². The van der Waals surface area contributed by atoms with Crippen LogP contribution in [-0.2, 0) is 11.2 Å². The average Bonchev–Trinajstić information content (AvgIpc) is 2.51. The Morgan fingerprint density at radius 1 is 1.28 bits per heavy atom. The van der Waals surface area contributed by atoms with Gasteiger partial charge >= 0.3 is 6.36 Å². The molecule has 0 aromatic heterocycles. The Bertz CT molecular complexity index is 581. The maximum absolute atomic E-state index is 12.4. The zero-order valence-corrected chi connectivity index (χ0v) is 14.5. The highest BCUT2D eigenvalue weighted by molar-refractivity contribution is 5.76. The molecule has 0 radical (unpaired) electrons. The van der Waals surface area contributed by atoms with Gasteiger partial charge in [-0.2, -0.15) is 0 Å². The van der Waals surface area contributed by atoms with E-state index in [1.807, 2.05) is 14.1 Å². The van der Waals surface area contributed by atoms with E-state index >= 15 is 0 Å². The molecular formula is C17H24F3N3O2. The fraction of sp³-hybridized carbons (Fsp3) is 0.588. The molecule has 1 aliphatic heterocycles. The van der Waals surface area contributed by atoms with E-state index in [2.05, 4.69) is 19.9 Å². The van der Waals surface area contributed by atoms with Crippen LogP contribution in [0.2, 0.25) is 0 Å². The van der Waals surface area contributed by atoms with Crippen molar-refractivity contribution in [2.75, 3.05) is 40.3 Å². The van der Waals surface area contributed by atoms with E-state index in [4.69, 9.17) is 0 Å². The summed E-state index contributed by atoms with van der Waals surface area (Å²) in [7, 11) is 4.02. The van der Waals surface area contributed by atoms with Gasteiger partial charge in [0.2, 0.25) is 5.91 Å². The third-order valence-electron chi connectivity index (χ3n) is 4.32. The van der Waals surface area contributed by atoms with E-state index in [1.54, 1.807) is 12.1 Å². The van der Waals surface area contributed by atoms with E-state index in [1.165, 1.54) is 12.1 Å². The second-order valence-corrected chi connectivity index (χ2v) is 6.36. The molecule has 1 unspecified atom stereocenters. The van der Waals surface area contributed by atoms with Crippen molar-refractivity contribution in [3.63, 3.8) is 0 Å². The molecule has 0 bridgehead atoms. The molecular weight excluding hydrogens is 335 g/mol. The van der Waals surface area contributed by atoms with Crippen LogP contribution in [0.25, 0.3) is 0 Å². The third kappa shape index (κ3) is 6.55. The lowest BCUT2D eigenvalue weighted by Gasteiger charge is -2.37. The minimum Gasteiger partial charge on any atom is -0.406 e. The van der Waals surface area contributed by atoms with Gasteiger partial charge in [-0.25, -0.2) is 0 Å². The number of nitrogens with one attached hydrogen (secondary N) is 1. The minimum atomic E-state index is -4.73. The highest BCUT2D eigenvalue weighted by Gasteiger charge is 2.32. The van der Waals surface area contributed by atoms with Gasteiger partial charge in [0, 0.05) is 38.6 Å². The van der Waals surface area contributed by atoms with Crippen LogP contribution < -0.4 is 10.1 Å².